The molecule has 2 rings (SSSR count). The summed E-state index contributed by atoms with van der Waals surface area (Å²) < 4.78 is 1.26. The zero-order valence-electron chi connectivity index (χ0n) is 7.37. The van der Waals surface area contributed by atoms with Gasteiger partial charge in [0.15, 0.2) is 0 Å². The molecule has 0 amide bonds. The Hall–Kier alpha value is 0.100. The van der Waals surface area contributed by atoms with Crippen LogP contribution in [0.15, 0.2) is 15.2 Å². The van der Waals surface area contributed by atoms with Crippen LogP contribution in [-0.2, 0) is 6.54 Å². The highest BCUT2D eigenvalue weighted by atomic mass is 79.9. The Bertz CT molecular complexity index is 285. The standard InChI is InChI=1S/C9H13BrN2S/c10-9-7(2-4-13-9)6-12-3-1-8(12)5-11/h2,4,8H,1,3,5-6,11H2. The molecule has 1 fully saturated rings. The van der Waals surface area contributed by atoms with Crippen molar-refractivity contribution in [3.8, 4) is 0 Å². The lowest BCUT2D eigenvalue weighted by atomic mass is 10.0. The summed E-state index contributed by atoms with van der Waals surface area (Å²) in [6, 6.07) is 2.80. The van der Waals surface area contributed by atoms with E-state index in [0.717, 1.165) is 13.1 Å². The topological polar surface area (TPSA) is 29.3 Å². The van der Waals surface area contributed by atoms with Gasteiger partial charge in [0.25, 0.3) is 0 Å². The first-order valence-electron chi connectivity index (χ1n) is 4.47. The smallest absolute Gasteiger partial charge is 0.0743 e. The lowest BCUT2D eigenvalue weighted by Gasteiger charge is -2.40. The molecule has 13 heavy (non-hydrogen) atoms. The van der Waals surface area contributed by atoms with Gasteiger partial charge < -0.3 is 5.73 Å². The van der Waals surface area contributed by atoms with E-state index < -0.39 is 0 Å². The predicted octanol–water partition coefficient (Wildman–Crippen LogP) is 2.04. The number of likely N-dealkylation sites (tertiary alicyclic amines) is 1. The van der Waals surface area contributed by atoms with Crippen LogP contribution in [0.2, 0.25) is 0 Å². The van der Waals surface area contributed by atoms with E-state index in [4.69, 9.17) is 5.73 Å². The zero-order chi connectivity index (χ0) is 9.26. The largest absolute Gasteiger partial charge is 0.329 e. The Balaban J connectivity index is 1.95. The molecule has 72 valence electrons. The second-order valence-corrected chi connectivity index (χ2v) is 5.60. The van der Waals surface area contributed by atoms with Gasteiger partial charge in [-0.15, -0.1) is 11.3 Å². The third-order valence-corrected chi connectivity index (χ3v) is 4.42. The van der Waals surface area contributed by atoms with Crippen LogP contribution in [0, 0.1) is 0 Å². The van der Waals surface area contributed by atoms with Crippen molar-refractivity contribution in [1.82, 2.24) is 4.90 Å². The van der Waals surface area contributed by atoms with E-state index in [1.54, 1.807) is 11.3 Å². The Morgan fingerprint density at radius 3 is 3.00 bits per heavy atom. The summed E-state index contributed by atoms with van der Waals surface area (Å²) in [5.41, 5.74) is 7.03. The summed E-state index contributed by atoms with van der Waals surface area (Å²) in [6.45, 7) is 3.04. The van der Waals surface area contributed by atoms with Crippen molar-refractivity contribution >= 4 is 27.3 Å². The number of rotatable bonds is 3. The minimum atomic E-state index is 0.617. The van der Waals surface area contributed by atoms with Crippen LogP contribution in [-0.4, -0.2) is 24.0 Å². The third-order valence-electron chi connectivity index (χ3n) is 2.60. The zero-order valence-corrected chi connectivity index (χ0v) is 9.77. The van der Waals surface area contributed by atoms with Crippen molar-refractivity contribution in [1.29, 1.82) is 0 Å². The maximum absolute atomic E-state index is 5.64. The molecule has 1 aliphatic rings. The maximum atomic E-state index is 5.64. The number of halogens is 1. The molecule has 0 radical (unpaired) electrons. The highest BCUT2D eigenvalue weighted by Crippen LogP contribution is 2.27. The molecule has 0 aromatic carbocycles. The van der Waals surface area contributed by atoms with Crippen LogP contribution in [0.5, 0.6) is 0 Å². The quantitative estimate of drug-likeness (QED) is 0.902. The summed E-state index contributed by atoms with van der Waals surface area (Å²) in [6.07, 6.45) is 1.26. The Morgan fingerprint density at radius 2 is 2.54 bits per heavy atom. The van der Waals surface area contributed by atoms with E-state index >= 15 is 0 Å². The van der Waals surface area contributed by atoms with Crippen LogP contribution < -0.4 is 5.73 Å². The summed E-state index contributed by atoms with van der Waals surface area (Å²) in [7, 11) is 0. The van der Waals surface area contributed by atoms with Gasteiger partial charge in [-0.25, -0.2) is 0 Å². The van der Waals surface area contributed by atoms with Crippen LogP contribution in [0.25, 0.3) is 0 Å². The molecule has 4 heteroatoms. The monoisotopic (exact) mass is 260 g/mol. The van der Waals surface area contributed by atoms with Gasteiger partial charge in [0.05, 0.1) is 3.79 Å². The Kier molecular flexibility index (Phi) is 3.03. The van der Waals surface area contributed by atoms with Gasteiger partial charge in [0.1, 0.15) is 0 Å². The molecule has 1 unspecified atom stereocenters. The molecule has 0 saturated carbocycles. The van der Waals surface area contributed by atoms with Crippen molar-refractivity contribution in [3.05, 3.63) is 20.8 Å². The maximum Gasteiger partial charge on any atom is 0.0743 e. The minimum absolute atomic E-state index is 0.617. The van der Waals surface area contributed by atoms with E-state index in [2.05, 4.69) is 32.3 Å². The van der Waals surface area contributed by atoms with Gasteiger partial charge in [0, 0.05) is 25.7 Å². The number of hydrogen-bond donors (Lipinski definition) is 1. The molecule has 1 saturated heterocycles. The molecule has 1 atom stereocenters. The molecule has 2 nitrogen and oxygen atoms in total. The normalized spacial score (nSPS) is 23.1. The van der Waals surface area contributed by atoms with Crippen molar-refractivity contribution in [3.63, 3.8) is 0 Å². The fourth-order valence-electron chi connectivity index (χ4n) is 1.62. The van der Waals surface area contributed by atoms with E-state index in [0.29, 0.717) is 6.04 Å². The first-order chi connectivity index (χ1) is 6.31. The fourth-order valence-corrected chi connectivity index (χ4v) is 2.84. The number of nitrogens with two attached hydrogens (primary N) is 1. The van der Waals surface area contributed by atoms with E-state index in [1.165, 1.54) is 22.3 Å². The summed E-state index contributed by atoms with van der Waals surface area (Å²) in [5, 5.41) is 2.12. The lowest BCUT2D eigenvalue weighted by Crippen LogP contribution is -2.50. The van der Waals surface area contributed by atoms with Gasteiger partial charge in [-0.1, -0.05) is 0 Å². The van der Waals surface area contributed by atoms with Gasteiger partial charge in [-0.05, 0) is 39.4 Å². The molecule has 0 bridgehead atoms. The van der Waals surface area contributed by atoms with Gasteiger partial charge in [-0.3, -0.25) is 4.90 Å². The third kappa shape index (κ3) is 1.96. The summed E-state index contributed by atoms with van der Waals surface area (Å²) in [4.78, 5) is 2.44. The van der Waals surface area contributed by atoms with Crippen LogP contribution >= 0.6 is 27.3 Å². The molecule has 1 aromatic rings. The minimum Gasteiger partial charge on any atom is -0.329 e. The summed E-state index contributed by atoms with van der Waals surface area (Å²) in [5.74, 6) is 0. The van der Waals surface area contributed by atoms with Crippen molar-refractivity contribution < 1.29 is 0 Å². The number of thiophene rings is 1. The molecule has 2 N–H and O–H groups in total. The summed E-state index contributed by atoms with van der Waals surface area (Å²) >= 11 is 5.30. The second kappa shape index (κ2) is 4.09. The van der Waals surface area contributed by atoms with Gasteiger partial charge >= 0.3 is 0 Å². The predicted molar refractivity (Wildman–Crippen MR) is 59.9 cm³/mol. The van der Waals surface area contributed by atoms with Gasteiger partial charge in [-0.2, -0.15) is 0 Å². The van der Waals surface area contributed by atoms with E-state index in [1.807, 2.05) is 0 Å². The molecule has 2 heterocycles. The molecule has 1 aromatic heterocycles. The Morgan fingerprint density at radius 1 is 1.69 bits per heavy atom. The Labute approximate surface area is 90.9 Å². The van der Waals surface area contributed by atoms with E-state index in [9.17, 15) is 0 Å². The van der Waals surface area contributed by atoms with Crippen molar-refractivity contribution in [2.45, 2.75) is 19.0 Å². The average Bonchev–Trinajstić information content (AvgIpc) is 2.46. The SMILES string of the molecule is NCC1CCN1Cc1ccsc1Br. The fraction of sp³-hybridized carbons (Fsp3) is 0.556. The molecule has 0 spiro atoms. The number of nitrogens with zero attached hydrogens (tertiary/aromatic N) is 1. The highest BCUT2D eigenvalue weighted by Gasteiger charge is 2.26. The van der Waals surface area contributed by atoms with Gasteiger partial charge in [0.2, 0.25) is 0 Å². The number of hydrogen-bond acceptors (Lipinski definition) is 3. The first kappa shape index (κ1) is 9.65. The van der Waals surface area contributed by atoms with E-state index in [-0.39, 0.29) is 0 Å². The molecule has 1 aliphatic heterocycles. The highest BCUT2D eigenvalue weighted by molar-refractivity contribution is 9.11. The van der Waals surface area contributed by atoms with Crippen LogP contribution in [0.3, 0.4) is 0 Å². The molecule has 0 aliphatic carbocycles. The lowest BCUT2D eigenvalue weighted by molar-refractivity contribution is 0.0881. The van der Waals surface area contributed by atoms with Crippen LogP contribution in [0.4, 0.5) is 0 Å². The first-order valence-corrected chi connectivity index (χ1v) is 6.14. The molecular weight excluding hydrogens is 248 g/mol. The average molecular weight is 261 g/mol. The van der Waals surface area contributed by atoms with Crippen molar-refractivity contribution in [2.75, 3.05) is 13.1 Å². The van der Waals surface area contributed by atoms with Crippen molar-refractivity contribution in [2.24, 2.45) is 5.73 Å². The molecular formula is C9H13BrN2S. The van der Waals surface area contributed by atoms with Crippen LogP contribution in [0.1, 0.15) is 12.0 Å². The second-order valence-electron chi connectivity index (χ2n) is 3.37.